The number of benzene rings is 4. The lowest BCUT2D eigenvalue weighted by atomic mass is 9.84. The summed E-state index contributed by atoms with van der Waals surface area (Å²) in [5.74, 6) is 1.33. The van der Waals surface area contributed by atoms with E-state index in [1.54, 1.807) is 44.6 Å². The van der Waals surface area contributed by atoms with Crippen LogP contribution in [0.2, 0.25) is 0 Å². The highest BCUT2D eigenvalue weighted by Gasteiger charge is 2.34. The molecule has 1 atom stereocenters. The lowest BCUT2D eigenvalue weighted by Gasteiger charge is -2.27. The van der Waals surface area contributed by atoms with Crippen molar-refractivity contribution < 1.29 is 33.3 Å². The highest BCUT2D eigenvalue weighted by Crippen LogP contribution is 2.47. The number of rotatable bonds is 8. The summed E-state index contributed by atoms with van der Waals surface area (Å²) in [6.45, 7) is 0.365. The molecular formula is C34H28O8. The Kier molecular flexibility index (Phi) is 7.27. The van der Waals surface area contributed by atoms with Gasteiger partial charge in [0.25, 0.3) is 0 Å². The van der Waals surface area contributed by atoms with Crippen LogP contribution < -0.4 is 24.4 Å². The Bertz CT molecular complexity index is 1820. The molecule has 1 aliphatic heterocycles. The Morgan fingerprint density at radius 2 is 1.69 bits per heavy atom. The van der Waals surface area contributed by atoms with Crippen LogP contribution >= 0.6 is 0 Å². The molecule has 0 saturated carbocycles. The lowest BCUT2D eigenvalue weighted by molar-refractivity contribution is -0.135. The van der Waals surface area contributed by atoms with Crippen molar-refractivity contribution >= 4 is 16.9 Å². The molecule has 42 heavy (non-hydrogen) atoms. The molecule has 212 valence electrons. The van der Waals surface area contributed by atoms with Crippen molar-refractivity contribution in [1.82, 2.24) is 0 Å². The minimum Gasteiger partial charge on any atom is -0.508 e. The average Bonchev–Trinajstić information content (AvgIpc) is 3.01. The maximum absolute atomic E-state index is 13.6. The monoisotopic (exact) mass is 564 g/mol. The van der Waals surface area contributed by atoms with Crippen molar-refractivity contribution in [3.8, 4) is 39.9 Å². The maximum atomic E-state index is 13.6. The first-order chi connectivity index (χ1) is 20.5. The van der Waals surface area contributed by atoms with Crippen LogP contribution in [0.15, 0.2) is 94.3 Å². The van der Waals surface area contributed by atoms with Gasteiger partial charge < -0.3 is 28.5 Å². The van der Waals surface area contributed by atoms with Crippen LogP contribution in [0.25, 0.3) is 22.1 Å². The van der Waals surface area contributed by atoms with Crippen LogP contribution in [-0.4, -0.2) is 31.9 Å². The van der Waals surface area contributed by atoms with Crippen LogP contribution in [-0.2, 0) is 11.2 Å². The number of esters is 1. The lowest BCUT2D eigenvalue weighted by Crippen LogP contribution is -2.22. The third-order valence-electron chi connectivity index (χ3n) is 7.46. The normalized spacial score (nSPS) is 14.2. The van der Waals surface area contributed by atoms with Crippen LogP contribution in [0.1, 0.15) is 29.0 Å². The van der Waals surface area contributed by atoms with Gasteiger partial charge in [0, 0.05) is 23.5 Å². The molecule has 8 heteroatoms. The Labute approximate surface area is 241 Å². The molecule has 5 aromatic rings. The molecule has 1 N–H and O–H groups in total. The number of hydrogen-bond donors (Lipinski definition) is 1. The van der Waals surface area contributed by atoms with Gasteiger partial charge in [0.1, 0.15) is 29.1 Å². The van der Waals surface area contributed by atoms with Crippen LogP contribution in [0.5, 0.6) is 28.7 Å². The number of fused-ring (bicyclic) bond motifs is 3. The topological polar surface area (TPSA) is 104 Å². The molecule has 6 rings (SSSR count). The molecule has 0 saturated heterocycles. The first kappa shape index (κ1) is 27.0. The highest BCUT2D eigenvalue weighted by atomic mass is 16.5. The van der Waals surface area contributed by atoms with Gasteiger partial charge >= 0.3 is 5.97 Å². The Morgan fingerprint density at radius 1 is 0.905 bits per heavy atom. The number of phenols is 1. The van der Waals surface area contributed by atoms with Crippen molar-refractivity contribution in [3.05, 3.63) is 112 Å². The van der Waals surface area contributed by atoms with Crippen molar-refractivity contribution in [2.75, 3.05) is 20.8 Å². The summed E-state index contributed by atoms with van der Waals surface area (Å²) in [6.07, 6.45) is 2.07. The largest absolute Gasteiger partial charge is 0.508 e. The van der Waals surface area contributed by atoms with Gasteiger partial charge in [-0.2, -0.15) is 0 Å². The van der Waals surface area contributed by atoms with Crippen LogP contribution in [0, 0.1) is 0 Å². The molecule has 1 aromatic heterocycles. The van der Waals surface area contributed by atoms with E-state index in [9.17, 15) is 14.7 Å². The number of phenolic OH excluding ortho intramolecular Hbond substituents is 1. The van der Waals surface area contributed by atoms with E-state index < -0.39 is 11.9 Å². The number of carbonyl (C=O) groups excluding carboxylic acids is 1. The van der Waals surface area contributed by atoms with Gasteiger partial charge in [-0.3, -0.25) is 9.59 Å². The molecule has 0 aliphatic carbocycles. The average molecular weight is 565 g/mol. The molecule has 0 fully saturated rings. The predicted molar refractivity (Wildman–Crippen MR) is 157 cm³/mol. The zero-order valence-corrected chi connectivity index (χ0v) is 23.1. The van der Waals surface area contributed by atoms with E-state index in [0.29, 0.717) is 57.9 Å². The van der Waals surface area contributed by atoms with Gasteiger partial charge in [0.05, 0.1) is 38.2 Å². The smallest absolute Gasteiger partial charge is 0.312 e. The van der Waals surface area contributed by atoms with E-state index in [-0.39, 0.29) is 17.6 Å². The SMILES string of the molecule is COc1ccc(CCOc2c(OC)cccc2C2CC(=O)Oc3ccc4c(=O)c(-c5ccc(O)cc5)coc4c32)cc1. The number of aromatic hydroxyl groups is 1. The number of para-hydroxylation sites is 1. The van der Waals surface area contributed by atoms with Crippen molar-refractivity contribution in [2.24, 2.45) is 0 Å². The predicted octanol–water partition coefficient (Wildman–Crippen LogP) is 6.25. The van der Waals surface area contributed by atoms with Gasteiger partial charge in [0.2, 0.25) is 5.43 Å². The first-order valence-electron chi connectivity index (χ1n) is 13.5. The summed E-state index contributed by atoms with van der Waals surface area (Å²) in [7, 11) is 3.20. The van der Waals surface area contributed by atoms with E-state index in [1.807, 2.05) is 36.4 Å². The second-order valence-electron chi connectivity index (χ2n) is 9.94. The maximum Gasteiger partial charge on any atom is 0.312 e. The van der Waals surface area contributed by atoms with Gasteiger partial charge in [-0.05, 0) is 53.6 Å². The van der Waals surface area contributed by atoms with E-state index in [4.69, 9.17) is 23.4 Å². The zero-order chi connectivity index (χ0) is 29.2. The Hall–Kier alpha value is -5.24. The van der Waals surface area contributed by atoms with Crippen LogP contribution in [0.3, 0.4) is 0 Å². The summed E-state index contributed by atoms with van der Waals surface area (Å²) >= 11 is 0. The highest BCUT2D eigenvalue weighted by molar-refractivity contribution is 5.90. The number of hydrogen-bond acceptors (Lipinski definition) is 8. The molecule has 0 bridgehead atoms. The second-order valence-corrected chi connectivity index (χ2v) is 9.94. The Balaban J connectivity index is 1.41. The summed E-state index contributed by atoms with van der Waals surface area (Å²) in [6, 6.07) is 22.9. The van der Waals surface area contributed by atoms with Gasteiger partial charge in [-0.1, -0.05) is 36.4 Å². The number of carbonyl (C=O) groups is 1. The van der Waals surface area contributed by atoms with Crippen molar-refractivity contribution in [3.63, 3.8) is 0 Å². The summed E-state index contributed by atoms with van der Waals surface area (Å²) < 4.78 is 28.9. The number of ether oxygens (including phenoxy) is 4. The molecule has 1 aliphatic rings. The third-order valence-corrected chi connectivity index (χ3v) is 7.46. The minimum absolute atomic E-state index is 0.0253. The Morgan fingerprint density at radius 3 is 2.43 bits per heavy atom. The van der Waals surface area contributed by atoms with E-state index in [2.05, 4.69) is 0 Å². The quantitative estimate of drug-likeness (QED) is 0.174. The van der Waals surface area contributed by atoms with Crippen LogP contribution in [0.4, 0.5) is 0 Å². The molecule has 1 unspecified atom stereocenters. The molecule has 0 spiro atoms. The summed E-state index contributed by atoms with van der Waals surface area (Å²) in [5, 5.41) is 10.0. The first-order valence-corrected chi connectivity index (χ1v) is 13.5. The molecule has 4 aromatic carbocycles. The minimum atomic E-state index is -0.515. The van der Waals surface area contributed by atoms with E-state index >= 15 is 0 Å². The van der Waals surface area contributed by atoms with Gasteiger partial charge in [0.15, 0.2) is 11.5 Å². The van der Waals surface area contributed by atoms with Crippen molar-refractivity contribution in [1.29, 1.82) is 0 Å². The fourth-order valence-corrected chi connectivity index (χ4v) is 5.35. The molecule has 2 heterocycles. The molecule has 8 nitrogen and oxygen atoms in total. The fourth-order valence-electron chi connectivity index (χ4n) is 5.35. The standard InChI is InChI=1S/C34H28O8/c1-38-23-12-6-20(7-13-23)16-17-40-33-24(4-3-5-29(33)39-2)26-18-30(36)42-28-15-14-25-32(37)27(19-41-34(25)31(26)28)21-8-10-22(35)11-9-21/h3-15,19,26,35H,16-18H2,1-2H3. The second kappa shape index (κ2) is 11.3. The van der Waals surface area contributed by atoms with Crippen molar-refractivity contribution in [2.45, 2.75) is 18.8 Å². The third kappa shape index (κ3) is 5.03. The van der Waals surface area contributed by atoms with E-state index in [1.165, 1.54) is 18.4 Å². The zero-order valence-electron chi connectivity index (χ0n) is 23.1. The van der Waals surface area contributed by atoms with Gasteiger partial charge in [-0.25, -0.2) is 0 Å². The van der Waals surface area contributed by atoms with E-state index in [0.717, 1.165) is 16.9 Å². The molecule has 0 radical (unpaired) electrons. The number of methoxy groups -OCH3 is 2. The van der Waals surface area contributed by atoms with Gasteiger partial charge in [-0.15, -0.1) is 0 Å². The molecule has 0 amide bonds. The summed E-state index contributed by atoms with van der Waals surface area (Å²) in [4.78, 5) is 26.4. The molecular weight excluding hydrogens is 536 g/mol. The fraction of sp³-hybridized carbons (Fsp3) is 0.176. The summed E-state index contributed by atoms with van der Waals surface area (Å²) in [5.41, 5.74) is 3.47.